The van der Waals surface area contributed by atoms with Gasteiger partial charge in [0.05, 0.1) is 30.7 Å². The zero-order valence-electron chi connectivity index (χ0n) is 29.4. The van der Waals surface area contributed by atoms with E-state index in [1.165, 1.54) is 24.3 Å². The monoisotopic (exact) mass is 794 g/mol. The van der Waals surface area contributed by atoms with Gasteiger partial charge in [-0.3, -0.25) is 20.2 Å². The van der Waals surface area contributed by atoms with Crippen molar-refractivity contribution in [2.75, 3.05) is 13.1 Å². The predicted molar refractivity (Wildman–Crippen MR) is 209 cm³/mol. The Bertz CT molecular complexity index is 2650. The fourth-order valence-electron chi connectivity index (χ4n) is 6.80. The predicted octanol–water partition coefficient (Wildman–Crippen LogP) is 6.26. The molecular formula is C39H34N6O9S2. The van der Waals surface area contributed by atoms with E-state index in [1.807, 2.05) is 82.2 Å². The number of benzene rings is 5. The summed E-state index contributed by atoms with van der Waals surface area (Å²) in [5, 5.41) is 35.1. The molecule has 56 heavy (non-hydrogen) atoms. The van der Waals surface area contributed by atoms with E-state index in [1.54, 1.807) is 12.1 Å². The number of phenolic OH excluding ortho intramolecular Hbond substituents is 1. The lowest BCUT2D eigenvalue weighted by atomic mass is 10.1. The van der Waals surface area contributed by atoms with Crippen molar-refractivity contribution < 1.29 is 31.8 Å². The summed E-state index contributed by atoms with van der Waals surface area (Å²) in [6.45, 7) is 0.0575. The third kappa shape index (κ3) is 7.60. The first-order valence-corrected chi connectivity index (χ1v) is 20.2. The number of aromatic hydroxyl groups is 1. The molecule has 0 bridgehead atoms. The van der Waals surface area contributed by atoms with E-state index in [2.05, 4.69) is 9.44 Å². The Hall–Kier alpha value is -6.40. The molecule has 0 fully saturated rings. The lowest BCUT2D eigenvalue weighted by molar-refractivity contribution is -0.385. The standard InChI is InChI=1S/C39H34N6O9S2/c46-38-12-6-3-9-35(38)39(42-25-27(33-7-1-4-10-36(33)42)21-23-40-55(51,52)31-17-13-29(14-18-31)44(47)48)43-26-28(34-8-2-5-11-37(34)43)22-24-41-56(53,54)32-19-15-30(16-20-32)45(49)50/h1-20,25-26,39-41,46H,21-24H2. The summed E-state index contributed by atoms with van der Waals surface area (Å²) in [5.41, 5.74) is 3.40. The van der Waals surface area contributed by atoms with E-state index in [4.69, 9.17) is 0 Å². The summed E-state index contributed by atoms with van der Waals surface area (Å²) in [5.74, 6) is 0.0443. The van der Waals surface area contributed by atoms with E-state index in [9.17, 15) is 42.2 Å². The van der Waals surface area contributed by atoms with Crippen molar-refractivity contribution in [3.8, 4) is 5.75 Å². The number of sulfonamides is 2. The summed E-state index contributed by atoms with van der Waals surface area (Å²) in [6.07, 6.45) is 3.78. The average Bonchev–Trinajstić information content (AvgIpc) is 3.74. The molecule has 0 aliphatic carbocycles. The summed E-state index contributed by atoms with van der Waals surface area (Å²) in [6, 6.07) is 31.5. The number of hydrogen-bond acceptors (Lipinski definition) is 9. The number of fused-ring (bicyclic) bond motifs is 2. The number of nitro benzene ring substituents is 2. The summed E-state index contributed by atoms with van der Waals surface area (Å²) in [7, 11) is -7.94. The molecule has 0 saturated carbocycles. The molecule has 7 aromatic rings. The van der Waals surface area contributed by atoms with Gasteiger partial charge in [-0.05, 0) is 66.4 Å². The lowest BCUT2D eigenvalue weighted by Gasteiger charge is -2.24. The third-order valence-corrected chi connectivity index (χ3v) is 12.4. The molecule has 17 heteroatoms. The maximum atomic E-state index is 13.1. The first-order valence-electron chi connectivity index (χ1n) is 17.3. The van der Waals surface area contributed by atoms with Crippen LogP contribution < -0.4 is 9.44 Å². The van der Waals surface area contributed by atoms with E-state index >= 15 is 0 Å². The topological polar surface area (TPSA) is 209 Å². The molecule has 0 saturated heterocycles. The second-order valence-corrected chi connectivity index (χ2v) is 16.4. The Kier molecular flexibility index (Phi) is 10.4. The second-order valence-electron chi connectivity index (χ2n) is 12.9. The fraction of sp³-hybridized carbons (Fsp3) is 0.128. The highest BCUT2D eigenvalue weighted by Crippen LogP contribution is 2.37. The number of hydrogen-bond donors (Lipinski definition) is 3. The van der Waals surface area contributed by atoms with E-state index in [0.29, 0.717) is 18.4 Å². The van der Waals surface area contributed by atoms with Crippen molar-refractivity contribution in [1.82, 2.24) is 18.6 Å². The van der Waals surface area contributed by atoms with Crippen molar-refractivity contribution in [3.05, 3.63) is 171 Å². The normalized spacial score (nSPS) is 12.1. The molecule has 0 unspecified atom stereocenters. The Morgan fingerprint density at radius 2 is 0.964 bits per heavy atom. The molecule has 0 radical (unpaired) electrons. The molecule has 0 spiro atoms. The molecular weight excluding hydrogens is 761 g/mol. The first-order chi connectivity index (χ1) is 26.8. The molecule has 3 N–H and O–H groups in total. The number of non-ortho nitro benzene ring substituents is 2. The smallest absolute Gasteiger partial charge is 0.269 e. The maximum Gasteiger partial charge on any atom is 0.269 e. The SMILES string of the molecule is O=[N+]([O-])c1ccc(S(=O)(=O)NCCc2cn(C(c3ccccc3O)n3cc(CCNS(=O)(=O)c4ccc([N+](=O)[O-])cc4)c4ccccc43)c3ccccc23)cc1. The Labute approximate surface area is 320 Å². The van der Waals surface area contributed by atoms with Crippen LogP contribution in [-0.2, 0) is 32.9 Å². The maximum absolute atomic E-state index is 13.1. The Morgan fingerprint density at radius 1 is 0.571 bits per heavy atom. The van der Waals surface area contributed by atoms with Gasteiger partial charge in [-0.2, -0.15) is 0 Å². The van der Waals surface area contributed by atoms with Crippen LogP contribution in [0.4, 0.5) is 11.4 Å². The minimum Gasteiger partial charge on any atom is -0.508 e. The van der Waals surface area contributed by atoms with E-state index < -0.39 is 36.1 Å². The van der Waals surface area contributed by atoms with Crippen LogP contribution in [0, 0.1) is 20.2 Å². The van der Waals surface area contributed by atoms with Crippen LogP contribution in [0.3, 0.4) is 0 Å². The highest BCUT2D eigenvalue weighted by Gasteiger charge is 2.26. The van der Waals surface area contributed by atoms with Crippen LogP contribution in [0.5, 0.6) is 5.75 Å². The zero-order chi connectivity index (χ0) is 39.6. The highest BCUT2D eigenvalue weighted by molar-refractivity contribution is 7.89. The quantitative estimate of drug-likeness (QED) is 0.0790. The van der Waals surface area contributed by atoms with Gasteiger partial charge in [0.1, 0.15) is 11.9 Å². The number of rotatable bonds is 15. The molecule has 0 atom stereocenters. The van der Waals surface area contributed by atoms with E-state index in [-0.39, 0.29) is 40.0 Å². The van der Waals surface area contributed by atoms with Crippen LogP contribution in [0.2, 0.25) is 0 Å². The Morgan fingerprint density at radius 3 is 1.38 bits per heavy atom. The highest BCUT2D eigenvalue weighted by atomic mass is 32.2. The van der Waals surface area contributed by atoms with Crippen molar-refractivity contribution in [1.29, 1.82) is 0 Å². The zero-order valence-corrected chi connectivity index (χ0v) is 31.1. The van der Waals surface area contributed by atoms with E-state index in [0.717, 1.165) is 57.2 Å². The van der Waals surface area contributed by atoms with Gasteiger partial charge >= 0.3 is 0 Å². The number of nitrogens with one attached hydrogen (secondary N) is 2. The molecule has 0 aliphatic rings. The average molecular weight is 795 g/mol. The number of aromatic nitrogens is 2. The summed E-state index contributed by atoms with van der Waals surface area (Å²) < 4.78 is 61.5. The van der Waals surface area contributed by atoms with Gasteiger partial charge in [-0.15, -0.1) is 0 Å². The van der Waals surface area contributed by atoms with Crippen molar-refractivity contribution in [2.24, 2.45) is 0 Å². The molecule has 2 heterocycles. The molecule has 0 aliphatic heterocycles. The lowest BCUT2D eigenvalue weighted by Crippen LogP contribution is -2.26. The van der Waals surface area contributed by atoms with Gasteiger partial charge in [0.15, 0.2) is 0 Å². The van der Waals surface area contributed by atoms with Crippen molar-refractivity contribution >= 4 is 53.2 Å². The Balaban J connectivity index is 1.21. The van der Waals surface area contributed by atoms with Gasteiger partial charge in [-0.25, -0.2) is 26.3 Å². The largest absolute Gasteiger partial charge is 0.508 e. The van der Waals surface area contributed by atoms with Gasteiger partial charge in [0.25, 0.3) is 11.4 Å². The molecule has 0 amide bonds. The molecule has 2 aromatic heterocycles. The number of para-hydroxylation sites is 3. The number of nitro groups is 2. The van der Waals surface area contributed by atoms with Crippen LogP contribution >= 0.6 is 0 Å². The van der Waals surface area contributed by atoms with Crippen LogP contribution in [0.25, 0.3) is 21.8 Å². The molecule has 286 valence electrons. The minimum absolute atomic E-state index is 0.0287. The third-order valence-electron chi connectivity index (χ3n) is 9.48. The number of phenols is 1. The molecule has 7 rings (SSSR count). The van der Waals surface area contributed by atoms with Gasteiger partial charge in [-0.1, -0.05) is 54.6 Å². The molecule has 15 nitrogen and oxygen atoms in total. The van der Waals surface area contributed by atoms with Gasteiger partial charge in [0, 0.05) is 66.1 Å². The van der Waals surface area contributed by atoms with Crippen LogP contribution in [-0.4, -0.2) is 54.0 Å². The molecule has 5 aromatic carbocycles. The van der Waals surface area contributed by atoms with Crippen molar-refractivity contribution in [2.45, 2.75) is 28.8 Å². The van der Waals surface area contributed by atoms with Gasteiger partial charge in [0.2, 0.25) is 20.0 Å². The summed E-state index contributed by atoms with van der Waals surface area (Å²) in [4.78, 5) is 20.7. The van der Waals surface area contributed by atoms with Crippen LogP contribution in [0.15, 0.2) is 144 Å². The first kappa shape index (κ1) is 37.9. The second kappa shape index (κ2) is 15.4. The van der Waals surface area contributed by atoms with Crippen LogP contribution in [0.1, 0.15) is 22.9 Å². The van der Waals surface area contributed by atoms with Crippen molar-refractivity contribution in [3.63, 3.8) is 0 Å². The summed E-state index contributed by atoms with van der Waals surface area (Å²) >= 11 is 0. The fourth-order valence-corrected chi connectivity index (χ4v) is 8.86. The minimum atomic E-state index is -3.97. The number of nitrogens with zero attached hydrogens (tertiary/aromatic N) is 4. The van der Waals surface area contributed by atoms with Gasteiger partial charge < -0.3 is 14.2 Å².